The molecule has 0 fully saturated rings. The standard InChI is InChI=1S/C26H34N2O6/c1-26(2)20-9-8-18(31-3)16-19(20)24(29)28(25(26)30)13-7-11-27-12-10-17-14-21(32-4)23(34-6)22(15-17)33-5/h8-9,14-16,27H,7,10-13H2,1-6H3. The molecule has 0 unspecified atom stereocenters. The van der Waals surface area contributed by atoms with Gasteiger partial charge in [0.05, 0.1) is 33.9 Å². The van der Waals surface area contributed by atoms with Crippen LogP contribution in [0.25, 0.3) is 0 Å². The second-order valence-electron chi connectivity index (χ2n) is 8.69. The molecule has 0 bridgehead atoms. The quantitative estimate of drug-likeness (QED) is 0.399. The minimum absolute atomic E-state index is 0.174. The summed E-state index contributed by atoms with van der Waals surface area (Å²) >= 11 is 0. The van der Waals surface area contributed by atoms with Crippen LogP contribution in [0.15, 0.2) is 30.3 Å². The molecule has 0 aromatic heterocycles. The molecule has 2 amide bonds. The lowest BCUT2D eigenvalue weighted by molar-refractivity contribution is -0.134. The molecule has 8 nitrogen and oxygen atoms in total. The first-order valence-corrected chi connectivity index (χ1v) is 11.3. The third kappa shape index (κ3) is 4.97. The summed E-state index contributed by atoms with van der Waals surface area (Å²) in [6.07, 6.45) is 1.42. The topological polar surface area (TPSA) is 86.3 Å². The van der Waals surface area contributed by atoms with Crippen LogP contribution in [0.1, 0.15) is 41.8 Å². The zero-order valence-corrected chi connectivity index (χ0v) is 20.8. The van der Waals surface area contributed by atoms with E-state index < -0.39 is 5.41 Å². The number of methoxy groups -OCH3 is 4. The summed E-state index contributed by atoms with van der Waals surface area (Å²) in [6.45, 7) is 5.47. The second-order valence-corrected chi connectivity index (χ2v) is 8.69. The molecule has 184 valence electrons. The molecule has 8 heteroatoms. The van der Waals surface area contributed by atoms with Crippen molar-refractivity contribution in [2.45, 2.75) is 32.1 Å². The van der Waals surface area contributed by atoms with Gasteiger partial charge < -0.3 is 24.3 Å². The molecule has 1 aliphatic heterocycles. The number of hydrogen-bond donors (Lipinski definition) is 1. The summed E-state index contributed by atoms with van der Waals surface area (Å²) in [7, 11) is 6.33. The predicted molar refractivity (Wildman–Crippen MR) is 129 cm³/mol. The number of carbonyl (C=O) groups excluding carboxylic acids is 2. The molecule has 1 aliphatic rings. The van der Waals surface area contributed by atoms with Gasteiger partial charge in [0.15, 0.2) is 11.5 Å². The Bertz CT molecular complexity index is 1020. The highest BCUT2D eigenvalue weighted by Gasteiger charge is 2.44. The number of carbonyl (C=O) groups is 2. The van der Waals surface area contributed by atoms with Crippen LogP contribution in [0, 0.1) is 0 Å². The first-order valence-electron chi connectivity index (χ1n) is 11.3. The van der Waals surface area contributed by atoms with Crippen molar-refractivity contribution in [2.75, 3.05) is 48.1 Å². The summed E-state index contributed by atoms with van der Waals surface area (Å²) in [5.41, 5.74) is 1.55. The first-order chi connectivity index (χ1) is 16.3. The summed E-state index contributed by atoms with van der Waals surface area (Å²) in [6, 6.07) is 9.18. The Balaban J connectivity index is 1.56. The van der Waals surface area contributed by atoms with Gasteiger partial charge in [-0.25, -0.2) is 0 Å². The van der Waals surface area contributed by atoms with E-state index in [1.165, 1.54) is 4.90 Å². The summed E-state index contributed by atoms with van der Waals surface area (Å²) < 4.78 is 21.4. The van der Waals surface area contributed by atoms with Crippen molar-refractivity contribution in [1.82, 2.24) is 10.2 Å². The van der Waals surface area contributed by atoms with E-state index >= 15 is 0 Å². The zero-order valence-electron chi connectivity index (χ0n) is 20.8. The van der Waals surface area contributed by atoms with Crippen LogP contribution in [-0.4, -0.2) is 64.8 Å². The molecular weight excluding hydrogens is 436 g/mol. The summed E-state index contributed by atoms with van der Waals surface area (Å²) in [5, 5.41) is 3.38. The molecule has 0 spiro atoms. The molecule has 2 aromatic rings. The molecule has 0 saturated heterocycles. The third-order valence-corrected chi connectivity index (χ3v) is 6.21. The number of nitrogens with one attached hydrogen (secondary N) is 1. The fourth-order valence-corrected chi connectivity index (χ4v) is 4.27. The largest absolute Gasteiger partial charge is 0.497 e. The maximum absolute atomic E-state index is 13.1. The van der Waals surface area contributed by atoms with E-state index in [0.717, 1.165) is 24.1 Å². The molecule has 34 heavy (non-hydrogen) atoms. The number of hydrogen-bond acceptors (Lipinski definition) is 7. The smallest absolute Gasteiger partial charge is 0.260 e. The van der Waals surface area contributed by atoms with Crippen LogP contribution in [0.5, 0.6) is 23.0 Å². The monoisotopic (exact) mass is 470 g/mol. The maximum atomic E-state index is 13.1. The average Bonchev–Trinajstić information content (AvgIpc) is 2.85. The Morgan fingerprint density at radius 1 is 0.882 bits per heavy atom. The van der Waals surface area contributed by atoms with Crippen LogP contribution in [0.2, 0.25) is 0 Å². The molecule has 0 radical (unpaired) electrons. The van der Waals surface area contributed by atoms with Crippen LogP contribution in [0.3, 0.4) is 0 Å². The Morgan fingerprint density at radius 3 is 2.15 bits per heavy atom. The van der Waals surface area contributed by atoms with E-state index in [9.17, 15) is 9.59 Å². The molecule has 1 N–H and O–H groups in total. The number of amides is 2. The molecule has 1 heterocycles. The van der Waals surface area contributed by atoms with Crippen molar-refractivity contribution < 1.29 is 28.5 Å². The lowest BCUT2D eigenvalue weighted by Gasteiger charge is -2.37. The molecule has 3 rings (SSSR count). The SMILES string of the molecule is COc1ccc2c(c1)C(=O)N(CCCNCCc1cc(OC)c(OC)c(OC)c1)C(=O)C2(C)C. The van der Waals surface area contributed by atoms with E-state index in [0.29, 0.717) is 48.1 Å². The van der Waals surface area contributed by atoms with E-state index in [4.69, 9.17) is 18.9 Å². The average molecular weight is 471 g/mol. The highest BCUT2D eigenvalue weighted by molar-refractivity contribution is 6.13. The number of benzene rings is 2. The first kappa shape index (κ1) is 25.4. The Hall–Kier alpha value is -3.26. The van der Waals surface area contributed by atoms with Crippen molar-refractivity contribution in [3.8, 4) is 23.0 Å². The van der Waals surface area contributed by atoms with Crippen LogP contribution in [-0.2, 0) is 16.6 Å². The van der Waals surface area contributed by atoms with E-state index in [1.807, 2.05) is 32.0 Å². The van der Waals surface area contributed by atoms with Crippen molar-refractivity contribution in [1.29, 1.82) is 0 Å². The molecule has 0 atom stereocenters. The number of imide groups is 1. The van der Waals surface area contributed by atoms with Gasteiger partial charge in [0.1, 0.15) is 5.75 Å². The van der Waals surface area contributed by atoms with Gasteiger partial charge in [0.2, 0.25) is 11.7 Å². The Morgan fingerprint density at radius 2 is 1.56 bits per heavy atom. The lowest BCUT2D eigenvalue weighted by Crippen LogP contribution is -2.52. The minimum atomic E-state index is -0.768. The highest BCUT2D eigenvalue weighted by Crippen LogP contribution is 2.38. The maximum Gasteiger partial charge on any atom is 0.260 e. The van der Waals surface area contributed by atoms with Crippen molar-refractivity contribution in [3.63, 3.8) is 0 Å². The van der Waals surface area contributed by atoms with E-state index in [2.05, 4.69) is 5.32 Å². The summed E-state index contributed by atoms with van der Waals surface area (Å²) in [5.74, 6) is 1.98. The Labute approximate surface area is 201 Å². The predicted octanol–water partition coefficient (Wildman–Crippen LogP) is 3.20. The second kappa shape index (κ2) is 10.8. The van der Waals surface area contributed by atoms with Gasteiger partial charge in [0.25, 0.3) is 5.91 Å². The molecule has 2 aromatic carbocycles. The van der Waals surface area contributed by atoms with Gasteiger partial charge in [-0.05, 0) is 75.2 Å². The van der Waals surface area contributed by atoms with Crippen LogP contribution in [0.4, 0.5) is 0 Å². The Kier molecular flexibility index (Phi) is 8.04. The molecular formula is C26H34N2O6. The van der Waals surface area contributed by atoms with Gasteiger partial charge >= 0.3 is 0 Å². The molecule has 0 aliphatic carbocycles. The number of fused-ring (bicyclic) bond motifs is 1. The van der Waals surface area contributed by atoms with Gasteiger partial charge in [-0.1, -0.05) is 6.07 Å². The number of ether oxygens (including phenoxy) is 4. The number of rotatable bonds is 11. The lowest BCUT2D eigenvalue weighted by atomic mass is 9.77. The van der Waals surface area contributed by atoms with Gasteiger partial charge in [-0.15, -0.1) is 0 Å². The summed E-state index contributed by atoms with van der Waals surface area (Å²) in [4.78, 5) is 27.5. The van der Waals surface area contributed by atoms with Gasteiger partial charge in [-0.3, -0.25) is 14.5 Å². The molecule has 0 saturated carbocycles. The van der Waals surface area contributed by atoms with Crippen molar-refractivity contribution in [2.24, 2.45) is 0 Å². The van der Waals surface area contributed by atoms with Crippen LogP contribution >= 0.6 is 0 Å². The van der Waals surface area contributed by atoms with Gasteiger partial charge in [0, 0.05) is 12.1 Å². The highest BCUT2D eigenvalue weighted by atomic mass is 16.5. The van der Waals surface area contributed by atoms with Crippen molar-refractivity contribution >= 4 is 11.8 Å². The van der Waals surface area contributed by atoms with Crippen LogP contribution < -0.4 is 24.3 Å². The van der Waals surface area contributed by atoms with E-state index in [-0.39, 0.29) is 11.8 Å². The van der Waals surface area contributed by atoms with Crippen molar-refractivity contribution in [3.05, 3.63) is 47.0 Å². The normalized spacial score (nSPS) is 14.6. The minimum Gasteiger partial charge on any atom is -0.497 e. The fraction of sp³-hybridized carbons (Fsp3) is 0.462. The third-order valence-electron chi connectivity index (χ3n) is 6.21. The fourth-order valence-electron chi connectivity index (χ4n) is 4.27. The zero-order chi connectivity index (χ0) is 24.9. The number of nitrogens with zero attached hydrogens (tertiary/aromatic N) is 1. The van der Waals surface area contributed by atoms with E-state index in [1.54, 1.807) is 40.6 Å². The van der Waals surface area contributed by atoms with Gasteiger partial charge in [-0.2, -0.15) is 0 Å².